The third kappa shape index (κ3) is 2.79. The lowest BCUT2D eigenvalue weighted by Gasteiger charge is -2.31. The number of nitrogens with zero attached hydrogens (tertiary/aromatic N) is 2. The largest absolute Gasteiger partial charge is 0.394 e. The number of aromatic nitrogens is 2. The Morgan fingerprint density at radius 3 is 2.40 bits per heavy atom. The van der Waals surface area contributed by atoms with Crippen LogP contribution in [0.1, 0.15) is 26.7 Å². The van der Waals surface area contributed by atoms with Gasteiger partial charge in [0.25, 0.3) is 0 Å². The Labute approximate surface area is 94.7 Å². The van der Waals surface area contributed by atoms with E-state index in [1.165, 1.54) is 6.20 Å². The first-order chi connectivity index (χ1) is 7.17. The predicted octanol–water partition coefficient (Wildman–Crippen LogP) is 2.09. The lowest BCUT2D eigenvalue weighted by molar-refractivity contribution is 0.202. The number of aliphatic hydroxyl groups is 1. The first-order valence-corrected chi connectivity index (χ1v) is 5.40. The first kappa shape index (κ1) is 12.2. The van der Waals surface area contributed by atoms with Crippen LogP contribution in [0.15, 0.2) is 12.4 Å². The van der Waals surface area contributed by atoms with Crippen LogP contribution in [0.2, 0.25) is 5.15 Å². The monoisotopic (exact) mass is 229 g/mol. The predicted molar refractivity (Wildman–Crippen MR) is 61.1 cm³/mol. The highest BCUT2D eigenvalue weighted by Gasteiger charge is 2.26. The normalized spacial score (nSPS) is 11.5. The molecule has 0 aliphatic rings. The van der Waals surface area contributed by atoms with Gasteiger partial charge in [-0.2, -0.15) is 0 Å². The maximum absolute atomic E-state index is 9.37. The average molecular weight is 230 g/mol. The van der Waals surface area contributed by atoms with Crippen molar-refractivity contribution in [3.05, 3.63) is 17.5 Å². The minimum atomic E-state index is -0.361. The van der Waals surface area contributed by atoms with Crippen molar-refractivity contribution in [2.24, 2.45) is 0 Å². The number of nitrogens with one attached hydrogen (secondary N) is 1. The van der Waals surface area contributed by atoms with Gasteiger partial charge in [-0.15, -0.1) is 0 Å². The van der Waals surface area contributed by atoms with Crippen molar-refractivity contribution >= 4 is 17.4 Å². The zero-order chi connectivity index (χ0) is 11.3. The highest BCUT2D eigenvalue weighted by atomic mass is 35.5. The van der Waals surface area contributed by atoms with Gasteiger partial charge in [0.05, 0.1) is 12.1 Å². The van der Waals surface area contributed by atoms with Crippen molar-refractivity contribution < 1.29 is 5.11 Å². The van der Waals surface area contributed by atoms with Gasteiger partial charge in [0.2, 0.25) is 0 Å². The van der Waals surface area contributed by atoms with E-state index in [9.17, 15) is 5.11 Å². The number of rotatable bonds is 5. The summed E-state index contributed by atoms with van der Waals surface area (Å²) in [5.74, 6) is 0.525. The lowest BCUT2D eigenvalue weighted by atomic mass is 9.94. The Kier molecular flexibility index (Phi) is 4.29. The van der Waals surface area contributed by atoms with Crippen LogP contribution in [0.25, 0.3) is 0 Å². The van der Waals surface area contributed by atoms with Crippen molar-refractivity contribution in [1.82, 2.24) is 9.97 Å². The van der Waals surface area contributed by atoms with Gasteiger partial charge in [0, 0.05) is 12.4 Å². The Bertz CT molecular complexity index is 307. The van der Waals surface area contributed by atoms with Gasteiger partial charge in [-0.25, -0.2) is 9.97 Å². The standard InChI is InChI=1S/C10H16ClN3O/c1-3-10(4-2,7-15)14-9-8(11)12-5-6-13-9/h5-6,15H,3-4,7H2,1-2H3,(H,13,14). The molecule has 4 nitrogen and oxygen atoms in total. The van der Waals surface area contributed by atoms with Crippen molar-refractivity contribution in [3.63, 3.8) is 0 Å². The molecule has 0 aromatic carbocycles. The Morgan fingerprint density at radius 1 is 1.33 bits per heavy atom. The third-order valence-corrected chi connectivity index (χ3v) is 2.97. The van der Waals surface area contributed by atoms with E-state index in [1.54, 1.807) is 6.20 Å². The molecule has 1 heterocycles. The number of hydrogen-bond donors (Lipinski definition) is 2. The summed E-state index contributed by atoms with van der Waals surface area (Å²) in [6.45, 7) is 4.07. The quantitative estimate of drug-likeness (QED) is 0.812. The molecule has 1 aromatic rings. The fourth-order valence-corrected chi connectivity index (χ4v) is 1.50. The molecule has 0 fully saturated rings. The van der Waals surface area contributed by atoms with E-state index in [4.69, 9.17) is 11.6 Å². The average Bonchev–Trinajstić information content (AvgIpc) is 2.29. The maximum atomic E-state index is 9.37. The van der Waals surface area contributed by atoms with Gasteiger partial charge in [-0.05, 0) is 12.8 Å². The number of anilines is 1. The molecular weight excluding hydrogens is 214 g/mol. The van der Waals surface area contributed by atoms with E-state index in [0.717, 1.165) is 12.8 Å². The molecule has 5 heteroatoms. The van der Waals surface area contributed by atoms with Crippen LogP contribution in [0.4, 0.5) is 5.82 Å². The second kappa shape index (κ2) is 5.28. The Hall–Kier alpha value is -0.870. The summed E-state index contributed by atoms with van der Waals surface area (Å²) in [5.41, 5.74) is -0.361. The van der Waals surface area contributed by atoms with Gasteiger partial charge in [-0.3, -0.25) is 0 Å². The fourth-order valence-electron chi connectivity index (χ4n) is 1.35. The van der Waals surface area contributed by atoms with E-state index in [2.05, 4.69) is 15.3 Å². The molecule has 0 spiro atoms. The maximum Gasteiger partial charge on any atom is 0.171 e. The smallest absolute Gasteiger partial charge is 0.171 e. The van der Waals surface area contributed by atoms with Gasteiger partial charge in [-0.1, -0.05) is 25.4 Å². The second-order valence-corrected chi connectivity index (χ2v) is 3.82. The Balaban J connectivity index is 2.88. The van der Waals surface area contributed by atoms with Crippen LogP contribution in [-0.4, -0.2) is 27.2 Å². The molecule has 0 radical (unpaired) electrons. The highest BCUT2D eigenvalue weighted by Crippen LogP contribution is 2.24. The third-order valence-electron chi connectivity index (χ3n) is 2.69. The zero-order valence-electron chi connectivity index (χ0n) is 9.00. The molecule has 1 rings (SSSR count). The summed E-state index contributed by atoms with van der Waals surface area (Å²) in [4.78, 5) is 8.02. The van der Waals surface area contributed by atoms with E-state index < -0.39 is 0 Å². The van der Waals surface area contributed by atoms with Crippen LogP contribution in [-0.2, 0) is 0 Å². The minimum Gasteiger partial charge on any atom is -0.394 e. The SMILES string of the molecule is CCC(CC)(CO)Nc1nccnc1Cl. The molecule has 0 aliphatic carbocycles. The molecule has 0 saturated carbocycles. The van der Waals surface area contributed by atoms with Gasteiger partial charge in [0.1, 0.15) is 0 Å². The molecule has 2 N–H and O–H groups in total. The molecule has 0 aliphatic heterocycles. The van der Waals surface area contributed by atoms with Crippen molar-refractivity contribution in [2.75, 3.05) is 11.9 Å². The van der Waals surface area contributed by atoms with Crippen LogP contribution < -0.4 is 5.32 Å². The summed E-state index contributed by atoms with van der Waals surface area (Å²) in [6, 6.07) is 0. The van der Waals surface area contributed by atoms with Gasteiger partial charge < -0.3 is 10.4 Å². The molecule has 15 heavy (non-hydrogen) atoms. The summed E-state index contributed by atoms with van der Waals surface area (Å²) in [7, 11) is 0. The summed E-state index contributed by atoms with van der Waals surface area (Å²) < 4.78 is 0. The topological polar surface area (TPSA) is 58.0 Å². The molecule has 0 saturated heterocycles. The zero-order valence-corrected chi connectivity index (χ0v) is 9.75. The number of hydrogen-bond acceptors (Lipinski definition) is 4. The van der Waals surface area contributed by atoms with Crippen molar-refractivity contribution in [1.29, 1.82) is 0 Å². The highest BCUT2D eigenvalue weighted by molar-refractivity contribution is 6.31. The van der Waals surface area contributed by atoms with E-state index in [0.29, 0.717) is 11.0 Å². The summed E-state index contributed by atoms with van der Waals surface area (Å²) in [6.07, 6.45) is 4.70. The van der Waals surface area contributed by atoms with Crippen LogP contribution in [0, 0.1) is 0 Å². The molecular formula is C10H16ClN3O. The molecule has 0 atom stereocenters. The van der Waals surface area contributed by atoms with Crippen LogP contribution in [0.3, 0.4) is 0 Å². The molecule has 84 valence electrons. The van der Waals surface area contributed by atoms with Gasteiger partial charge >= 0.3 is 0 Å². The molecule has 0 bridgehead atoms. The van der Waals surface area contributed by atoms with Gasteiger partial charge in [0.15, 0.2) is 11.0 Å². The number of halogens is 1. The second-order valence-electron chi connectivity index (χ2n) is 3.47. The molecule has 0 amide bonds. The van der Waals surface area contributed by atoms with Crippen molar-refractivity contribution in [2.45, 2.75) is 32.2 Å². The molecule has 0 unspecified atom stereocenters. The summed E-state index contributed by atoms with van der Waals surface area (Å²) >= 11 is 5.88. The minimum absolute atomic E-state index is 0.0485. The van der Waals surface area contributed by atoms with Crippen LogP contribution >= 0.6 is 11.6 Å². The fraction of sp³-hybridized carbons (Fsp3) is 0.600. The first-order valence-electron chi connectivity index (χ1n) is 5.03. The Morgan fingerprint density at radius 2 is 1.93 bits per heavy atom. The van der Waals surface area contributed by atoms with Crippen molar-refractivity contribution in [3.8, 4) is 0 Å². The summed E-state index contributed by atoms with van der Waals surface area (Å²) in [5, 5.41) is 12.9. The van der Waals surface area contributed by atoms with E-state index >= 15 is 0 Å². The number of aliphatic hydroxyl groups excluding tert-OH is 1. The van der Waals surface area contributed by atoms with E-state index in [-0.39, 0.29) is 12.1 Å². The van der Waals surface area contributed by atoms with E-state index in [1.807, 2.05) is 13.8 Å². The van der Waals surface area contributed by atoms with Crippen LogP contribution in [0.5, 0.6) is 0 Å². The lowest BCUT2D eigenvalue weighted by Crippen LogP contribution is -2.41. The molecule has 1 aromatic heterocycles.